The van der Waals surface area contributed by atoms with E-state index in [9.17, 15) is 14.9 Å². The zero-order valence-electron chi connectivity index (χ0n) is 14.1. The molecule has 3 rings (SSSR count). The van der Waals surface area contributed by atoms with Crippen LogP contribution in [0.15, 0.2) is 48.7 Å². The van der Waals surface area contributed by atoms with Gasteiger partial charge in [0.15, 0.2) is 0 Å². The van der Waals surface area contributed by atoms with Crippen molar-refractivity contribution in [2.24, 2.45) is 0 Å². The van der Waals surface area contributed by atoms with Gasteiger partial charge in [0.25, 0.3) is 5.69 Å². The van der Waals surface area contributed by atoms with Gasteiger partial charge in [-0.2, -0.15) is 0 Å². The molecule has 0 bridgehead atoms. The van der Waals surface area contributed by atoms with Crippen molar-refractivity contribution in [1.29, 1.82) is 0 Å². The molecule has 128 valence electrons. The summed E-state index contributed by atoms with van der Waals surface area (Å²) < 4.78 is 6.91. The number of aryl methyl sites for hydroxylation is 1. The summed E-state index contributed by atoms with van der Waals surface area (Å²) in [5, 5.41) is 11.9. The summed E-state index contributed by atoms with van der Waals surface area (Å²) in [4.78, 5) is 23.0. The van der Waals surface area contributed by atoms with Gasteiger partial charge < -0.3 is 9.30 Å². The van der Waals surface area contributed by atoms with E-state index in [1.165, 1.54) is 6.07 Å². The van der Waals surface area contributed by atoms with Crippen LogP contribution in [0, 0.1) is 17.0 Å². The summed E-state index contributed by atoms with van der Waals surface area (Å²) in [6, 6.07) is 12.7. The van der Waals surface area contributed by atoms with Crippen LogP contribution in [-0.2, 0) is 16.0 Å². The molecule has 0 unspecified atom stereocenters. The average Bonchev–Trinajstić information content (AvgIpc) is 2.94. The maximum absolute atomic E-state index is 11.9. The van der Waals surface area contributed by atoms with Crippen molar-refractivity contribution in [3.05, 3.63) is 69.9 Å². The molecule has 0 amide bonds. The van der Waals surface area contributed by atoms with Crippen molar-refractivity contribution in [1.82, 2.24) is 4.57 Å². The molecular weight excluding hydrogens is 320 g/mol. The van der Waals surface area contributed by atoms with Crippen LogP contribution in [0.25, 0.3) is 16.6 Å². The fourth-order valence-corrected chi connectivity index (χ4v) is 3.03. The molecular formula is C19H18N2O4. The molecule has 0 aliphatic rings. The molecule has 6 heteroatoms. The van der Waals surface area contributed by atoms with Crippen LogP contribution in [0.1, 0.15) is 18.1 Å². The molecule has 0 saturated heterocycles. The van der Waals surface area contributed by atoms with Crippen LogP contribution in [0.4, 0.5) is 5.69 Å². The SMILES string of the molecule is CCOC(=O)Cc1cn(-c2ccccc2C)c2cccc([N+](=O)[O-])c12. The molecule has 0 radical (unpaired) electrons. The van der Waals surface area contributed by atoms with E-state index >= 15 is 0 Å². The van der Waals surface area contributed by atoms with Crippen LogP contribution < -0.4 is 0 Å². The minimum absolute atomic E-state index is 0.00588. The van der Waals surface area contributed by atoms with Crippen molar-refractivity contribution in [2.75, 3.05) is 6.61 Å². The molecule has 0 aliphatic carbocycles. The number of aromatic nitrogens is 1. The molecule has 0 atom stereocenters. The standard InChI is InChI=1S/C19H18N2O4/c1-3-25-18(22)11-14-12-20(15-8-5-4-7-13(15)2)16-9-6-10-17(19(14)16)21(23)24/h4-10,12H,3,11H2,1-2H3. The van der Waals surface area contributed by atoms with E-state index in [0.717, 1.165) is 11.3 Å². The zero-order chi connectivity index (χ0) is 18.0. The van der Waals surface area contributed by atoms with Crippen molar-refractivity contribution in [3.8, 4) is 5.69 Å². The number of benzene rings is 2. The second-order valence-electron chi connectivity index (χ2n) is 5.72. The second kappa shape index (κ2) is 6.76. The van der Waals surface area contributed by atoms with E-state index in [-0.39, 0.29) is 18.7 Å². The number of nitro groups is 1. The maximum Gasteiger partial charge on any atom is 0.310 e. The first kappa shape index (κ1) is 16.7. The number of rotatable bonds is 5. The van der Waals surface area contributed by atoms with Crippen molar-refractivity contribution in [2.45, 2.75) is 20.3 Å². The number of fused-ring (bicyclic) bond motifs is 1. The minimum Gasteiger partial charge on any atom is -0.466 e. The molecule has 3 aromatic rings. The molecule has 0 spiro atoms. The topological polar surface area (TPSA) is 74.4 Å². The first-order chi connectivity index (χ1) is 12.0. The summed E-state index contributed by atoms with van der Waals surface area (Å²) in [5.41, 5.74) is 3.23. The van der Waals surface area contributed by atoms with Gasteiger partial charge in [0, 0.05) is 18.0 Å². The van der Waals surface area contributed by atoms with Crippen molar-refractivity contribution < 1.29 is 14.5 Å². The number of para-hydroxylation sites is 1. The van der Waals surface area contributed by atoms with Gasteiger partial charge in [-0.05, 0) is 37.1 Å². The molecule has 0 fully saturated rings. The molecule has 6 nitrogen and oxygen atoms in total. The molecule has 2 aromatic carbocycles. The van der Waals surface area contributed by atoms with Gasteiger partial charge in [0.2, 0.25) is 0 Å². The third-order valence-electron chi connectivity index (χ3n) is 4.10. The highest BCUT2D eigenvalue weighted by molar-refractivity contribution is 5.96. The first-order valence-electron chi connectivity index (χ1n) is 8.02. The molecule has 0 N–H and O–H groups in total. The first-order valence-corrected chi connectivity index (χ1v) is 8.02. The largest absolute Gasteiger partial charge is 0.466 e. The molecule has 1 heterocycles. The lowest BCUT2D eigenvalue weighted by molar-refractivity contribution is -0.383. The predicted octanol–water partition coefficient (Wildman–Crippen LogP) is 3.95. The lowest BCUT2D eigenvalue weighted by Gasteiger charge is -2.08. The molecule has 25 heavy (non-hydrogen) atoms. The Hall–Kier alpha value is -3.15. The summed E-state index contributed by atoms with van der Waals surface area (Å²) >= 11 is 0. The van der Waals surface area contributed by atoms with Gasteiger partial charge in [0.1, 0.15) is 0 Å². The van der Waals surface area contributed by atoms with Crippen LogP contribution >= 0.6 is 0 Å². The third kappa shape index (κ3) is 3.10. The van der Waals surface area contributed by atoms with Crippen LogP contribution in [0.3, 0.4) is 0 Å². The summed E-state index contributed by atoms with van der Waals surface area (Å²) in [5.74, 6) is -0.399. The Bertz CT molecular complexity index is 959. The normalized spacial score (nSPS) is 10.8. The summed E-state index contributed by atoms with van der Waals surface area (Å²) in [7, 11) is 0. The molecule has 1 aromatic heterocycles. The smallest absolute Gasteiger partial charge is 0.310 e. The zero-order valence-corrected chi connectivity index (χ0v) is 14.1. The number of carbonyl (C=O) groups is 1. The quantitative estimate of drug-likeness (QED) is 0.401. The Morgan fingerprint density at radius 3 is 2.64 bits per heavy atom. The Kier molecular flexibility index (Phi) is 4.52. The highest BCUT2D eigenvalue weighted by Gasteiger charge is 2.22. The number of non-ortho nitro benzene ring substituents is 1. The van der Waals surface area contributed by atoms with Crippen LogP contribution in [-0.4, -0.2) is 22.1 Å². The third-order valence-corrected chi connectivity index (χ3v) is 4.10. The Labute approximate surface area is 144 Å². The predicted molar refractivity (Wildman–Crippen MR) is 95.0 cm³/mol. The Morgan fingerprint density at radius 1 is 1.20 bits per heavy atom. The number of hydrogen-bond donors (Lipinski definition) is 0. The summed E-state index contributed by atoms with van der Waals surface area (Å²) in [6.45, 7) is 3.98. The highest BCUT2D eigenvalue weighted by atomic mass is 16.6. The van der Waals surface area contributed by atoms with Gasteiger partial charge >= 0.3 is 5.97 Å². The maximum atomic E-state index is 11.9. The fourth-order valence-electron chi connectivity index (χ4n) is 3.03. The number of hydrogen-bond acceptors (Lipinski definition) is 4. The van der Waals surface area contributed by atoms with E-state index in [1.807, 2.05) is 41.8 Å². The van der Waals surface area contributed by atoms with Crippen LogP contribution in [0.2, 0.25) is 0 Å². The lowest BCUT2D eigenvalue weighted by atomic mass is 10.1. The van der Waals surface area contributed by atoms with Crippen molar-refractivity contribution >= 4 is 22.6 Å². The van der Waals surface area contributed by atoms with E-state index in [2.05, 4.69) is 0 Å². The Morgan fingerprint density at radius 2 is 1.96 bits per heavy atom. The monoisotopic (exact) mass is 338 g/mol. The van der Waals surface area contributed by atoms with Gasteiger partial charge in [-0.15, -0.1) is 0 Å². The molecule has 0 saturated carbocycles. The van der Waals surface area contributed by atoms with Crippen molar-refractivity contribution in [3.63, 3.8) is 0 Å². The van der Waals surface area contributed by atoms with Gasteiger partial charge in [-0.1, -0.05) is 24.3 Å². The van der Waals surface area contributed by atoms with Gasteiger partial charge in [0.05, 0.1) is 28.9 Å². The minimum atomic E-state index is -0.417. The second-order valence-corrected chi connectivity index (χ2v) is 5.72. The van der Waals surface area contributed by atoms with E-state index in [0.29, 0.717) is 16.5 Å². The number of nitrogens with zero attached hydrogens (tertiary/aromatic N) is 2. The van der Waals surface area contributed by atoms with Crippen LogP contribution in [0.5, 0.6) is 0 Å². The summed E-state index contributed by atoms with van der Waals surface area (Å²) in [6.07, 6.45) is 1.78. The number of carbonyl (C=O) groups excluding carboxylic acids is 1. The number of ether oxygens (including phenoxy) is 1. The van der Waals surface area contributed by atoms with E-state index in [1.54, 1.807) is 19.2 Å². The van der Waals surface area contributed by atoms with Gasteiger partial charge in [-0.25, -0.2) is 0 Å². The number of nitro benzene ring substituents is 1. The Balaban J connectivity index is 2.26. The average molecular weight is 338 g/mol. The highest BCUT2D eigenvalue weighted by Crippen LogP contribution is 2.33. The lowest BCUT2D eigenvalue weighted by Crippen LogP contribution is -2.07. The number of esters is 1. The van der Waals surface area contributed by atoms with E-state index < -0.39 is 10.9 Å². The van der Waals surface area contributed by atoms with Gasteiger partial charge in [-0.3, -0.25) is 14.9 Å². The van der Waals surface area contributed by atoms with E-state index in [4.69, 9.17) is 4.74 Å². The molecule has 0 aliphatic heterocycles. The fraction of sp³-hybridized carbons (Fsp3) is 0.211.